The number of nitrogens with zero attached hydrogens (tertiary/aromatic N) is 2. The van der Waals surface area contributed by atoms with Crippen LogP contribution < -0.4 is 5.32 Å². The predicted molar refractivity (Wildman–Crippen MR) is 102 cm³/mol. The molecule has 1 N–H and O–H groups in total. The Bertz CT molecular complexity index is 893. The molecule has 0 saturated heterocycles. The van der Waals surface area contributed by atoms with Crippen molar-refractivity contribution in [1.29, 1.82) is 0 Å². The van der Waals surface area contributed by atoms with E-state index in [2.05, 4.69) is 5.32 Å². The van der Waals surface area contributed by atoms with E-state index in [4.69, 9.17) is 0 Å². The van der Waals surface area contributed by atoms with Gasteiger partial charge in [0, 0.05) is 37.2 Å². The van der Waals surface area contributed by atoms with Gasteiger partial charge in [0.2, 0.25) is 11.8 Å². The van der Waals surface area contributed by atoms with Crippen LogP contribution in [0.1, 0.15) is 50.0 Å². The fourth-order valence-electron chi connectivity index (χ4n) is 5.41. The molecule has 2 unspecified atom stereocenters. The van der Waals surface area contributed by atoms with Crippen molar-refractivity contribution in [2.75, 3.05) is 7.05 Å². The number of hydrogen-bond acceptors (Lipinski definition) is 4. The molecule has 154 valence electrons. The second-order valence-electron chi connectivity index (χ2n) is 9.51. The van der Waals surface area contributed by atoms with E-state index >= 15 is 0 Å². The smallest absolute Gasteiger partial charge is 0.269 e. The van der Waals surface area contributed by atoms with Crippen LogP contribution in [0.3, 0.4) is 0 Å². The fourth-order valence-corrected chi connectivity index (χ4v) is 5.41. The number of nitrogens with one attached hydrogen (secondary N) is 1. The molecule has 0 radical (unpaired) electrons. The maximum atomic E-state index is 13.6. The molecule has 8 heteroatoms. The second kappa shape index (κ2) is 6.00. The topological polar surface area (TPSA) is 92.6 Å². The van der Waals surface area contributed by atoms with Crippen molar-refractivity contribution >= 4 is 17.5 Å². The molecule has 5 aliphatic rings. The monoisotopic (exact) mass is 401 g/mol. The summed E-state index contributed by atoms with van der Waals surface area (Å²) in [6.45, 7) is 0. The Kier molecular flexibility index (Phi) is 3.83. The van der Waals surface area contributed by atoms with Crippen LogP contribution in [-0.4, -0.2) is 46.4 Å². The molecule has 1 aromatic carbocycles. The van der Waals surface area contributed by atoms with Crippen LogP contribution in [0.4, 0.5) is 10.1 Å². The number of halogens is 1. The van der Waals surface area contributed by atoms with Crippen molar-refractivity contribution in [3.63, 3.8) is 0 Å². The summed E-state index contributed by atoms with van der Waals surface area (Å²) in [7, 11) is 1.79. The summed E-state index contributed by atoms with van der Waals surface area (Å²) < 4.78 is 13.6. The number of carbonyl (C=O) groups is 2. The number of alkyl halides is 1. The molecular formula is C21H24FN3O4. The molecule has 5 aliphatic carbocycles. The van der Waals surface area contributed by atoms with Gasteiger partial charge < -0.3 is 10.2 Å². The van der Waals surface area contributed by atoms with Gasteiger partial charge in [-0.25, -0.2) is 4.39 Å². The third kappa shape index (κ3) is 2.91. The maximum Gasteiger partial charge on any atom is 0.269 e. The van der Waals surface area contributed by atoms with E-state index in [-0.39, 0.29) is 41.4 Å². The van der Waals surface area contributed by atoms with Gasteiger partial charge in [-0.3, -0.25) is 19.7 Å². The number of non-ortho nitro benzene ring substituents is 1. The minimum Gasteiger partial charge on any atom is -0.353 e. The summed E-state index contributed by atoms with van der Waals surface area (Å²) in [6, 6.07) is 6.66. The van der Waals surface area contributed by atoms with Crippen molar-refractivity contribution in [2.24, 2.45) is 11.3 Å². The molecule has 29 heavy (non-hydrogen) atoms. The van der Waals surface area contributed by atoms with Gasteiger partial charge in [-0.15, -0.1) is 0 Å². The van der Waals surface area contributed by atoms with Crippen LogP contribution in [0.2, 0.25) is 0 Å². The Hall–Kier alpha value is -2.51. The van der Waals surface area contributed by atoms with E-state index < -0.39 is 16.0 Å². The molecule has 0 aromatic heterocycles. The van der Waals surface area contributed by atoms with Gasteiger partial charge in [0.15, 0.2) is 0 Å². The summed E-state index contributed by atoms with van der Waals surface area (Å²) in [5, 5.41) is 14.0. The van der Waals surface area contributed by atoms with Gasteiger partial charge in [-0.2, -0.15) is 0 Å². The number of nitro benzene ring substituents is 1. The first-order valence-corrected chi connectivity index (χ1v) is 10.2. The Balaban J connectivity index is 1.11. The summed E-state index contributed by atoms with van der Waals surface area (Å²) in [6.07, 6.45) is 3.24. The fraction of sp³-hybridized carbons (Fsp3) is 0.619. The molecule has 0 heterocycles. The molecule has 7 nitrogen and oxygen atoms in total. The van der Waals surface area contributed by atoms with Gasteiger partial charge in [0.1, 0.15) is 5.67 Å². The lowest BCUT2D eigenvalue weighted by molar-refractivity contribution is -0.384. The molecule has 1 aromatic rings. The highest BCUT2D eigenvalue weighted by Gasteiger charge is 2.73. The molecule has 2 amide bonds. The van der Waals surface area contributed by atoms with Crippen molar-refractivity contribution in [3.05, 3.63) is 39.9 Å². The molecule has 0 spiro atoms. The van der Waals surface area contributed by atoms with Crippen LogP contribution in [0.15, 0.2) is 24.3 Å². The average Bonchev–Trinajstić information content (AvgIpc) is 3.40. The Morgan fingerprint density at radius 2 is 1.93 bits per heavy atom. The third-order valence-electron chi connectivity index (χ3n) is 7.41. The average molecular weight is 401 g/mol. The van der Waals surface area contributed by atoms with E-state index in [0.717, 1.165) is 18.4 Å². The van der Waals surface area contributed by atoms with Crippen molar-refractivity contribution < 1.29 is 18.9 Å². The zero-order chi connectivity index (χ0) is 20.6. The third-order valence-corrected chi connectivity index (χ3v) is 7.41. The number of nitro groups is 1. The summed E-state index contributed by atoms with van der Waals surface area (Å²) in [5.74, 6) is -0.0488. The minimum atomic E-state index is -1.08. The van der Waals surface area contributed by atoms with Gasteiger partial charge in [-0.1, -0.05) is 12.1 Å². The lowest BCUT2D eigenvalue weighted by Gasteiger charge is -2.64. The van der Waals surface area contributed by atoms with E-state index in [1.54, 1.807) is 24.1 Å². The number of rotatable bonds is 6. The summed E-state index contributed by atoms with van der Waals surface area (Å²) >= 11 is 0. The normalized spacial score (nSPS) is 38.7. The zero-order valence-electron chi connectivity index (χ0n) is 16.3. The van der Waals surface area contributed by atoms with Crippen LogP contribution in [0.25, 0.3) is 0 Å². The Labute approximate surface area is 167 Å². The lowest BCUT2D eigenvalue weighted by Crippen LogP contribution is -2.71. The first kappa shape index (κ1) is 18.5. The minimum absolute atomic E-state index is 0.0256. The Morgan fingerprint density at radius 3 is 2.55 bits per heavy atom. The first-order valence-electron chi connectivity index (χ1n) is 10.2. The standard InChI is InChI=1S/C21H24FN3O4/c1-24(15-6-13(7-15)23-19(27)20-9-21(22,10-20)11-20)18(26)17-8-16(17)12-3-2-4-14(5-12)25(28)29/h2-5,13,15-17H,6-11H2,1H3,(H,23,27). The summed E-state index contributed by atoms with van der Waals surface area (Å²) in [4.78, 5) is 37.4. The molecule has 5 saturated carbocycles. The molecule has 2 bridgehead atoms. The SMILES string of the molecule is CN(C(=O)C1CC1c1cccc([N+](=O)[O-])c1)C1CC(NC(=O)C23CC(F)(C2)C3)C1. The van der Waals surface area contributed by atoms with Crippen molar-refractivity contribution in [2.45, 2.75) is 62.2 Å². The van der Waals surface area contributed by atoms with E-state index in [1.165, 1.54) is 6.07 Å². The van der Waals surface area contributed by atoms with Gasteiger partial charge in [-0.05, 0) is 50.0 Å². The van der Waals surface area contributed by atoms with E-state index in [1.807, 2.05) is 6.07 Å². The van der Waals surface area contributed by atoms with E-state index in [9.17, 15) is 24.1 Å². The number of carbonyl (C=O) groups excluding carboxylic acids is 2. The number of amides is 2. The van der Waals surface area contributed by atoms with Gasteiger partial charge in [0.05, 0.1) is 10.3 Å². The maximum absolute atomic E-state index is 13.6. The highest BCUT2D eigenvalue weighted by atomic mass is 19.1. The van der Waals surface area contributed by atoms with Crippen molar-refractivity contribution in [3.8, 4) is 0 Å². The van der Waals surface area contributed by atoms with Crippen LogP contribution in [-0.2, 0) is 9.59 Å². The highest BCUT2D eigenvalue weighted by molar-refractivity contribution is 5.87. The predicted octanol–water partition coefficient (Wildman–Crippen LogP) is 2.70. The van der Waals surface area contributed by atoms with Crippen LogP contribution >= 0.6 is 0 Å². The van der Waals surface area contributed by atoms with Gasteiger partial charge in [0.25, 0.3) is 5.69 Å². The molecule has 0 aliphatic heterocycles. The molecule has 2 atom stereocenters. The Morgan fingerprint density at radius 1 is 1.24 bits per heavy atom. The molecule has 6 rings (SSSR count). The van der Waals surface area contributed by atoms with E-state index in [0.29, 0.717) is 25.7 Å². The molecular weight excluding hydrogens is 377 g/mol. The van der Waals surface area contributed by atoms with Gasteiger partial charge >= 0.3 is 0 Å². The molecule has 5 fully saturated rings. The van der Waals surface area contributed by atoms with Crippen LogP contribution in [0, 0.1) is 21.4 Å². The van der Waals surface area contributed by atoms with Crippen molar-refractivity contribution in [1.82, 2.24) is 10.2 Å². The van der Waals surface area contributed by atoms with Crippen LogP contribution in [0.5, 0.6) is 0 Å². The second-order valence-corrected chi connectivity index (χ2v) is 9.51. The summed E-state index contributed by atoms with van der Waals surface area (Å²) in [5.41, 5.74) is -0.643. The zero-order valence-corrected chi connectivity index (χ0v) is 16.3. The first-order chi connectivity index (χ1) is 13.7. The quantitative estimate of drug-likeness (QED) is 0.586. The number of benzene rings is 1. The number of hydrogen-bond donors (Lipinski definition) is 1. The highest BCUT2D eigenvalue weighted by Crippen LogP contribution is 2.69. The largest absolute Gasteiger partial charge is 0.353 e. The lowest BCUT2D eigenvalue weighted by atomic mass is 9.42.